The van der Waals surface area contributed by atoms with E-state index in [1.807, 2.05) is 25.1 Å². The molecule has 1 N–H and O–H groups in total. The Kier molecular flexibility index (Phi) is 3.99. The highest BCUT2D eigenvalue weighted by Crippen LogP contribution is 2.25. The maximum Gasteiger partial charge on any atom is 0.274 e. The van der Waals surface area contributed by atoms with Gasteiger partial charge < -0.3 is 9.84 Å². The number of carbonyl (C=O) groups excluding carboxylic acids is 1. The quantitative estimate of drug-likeness (QED) is 0.584. The molecule has 0 fully saturated rings. The first-order chi connectivity index (χ1) is 11.5. The van der Waals surface area contributed by atoms with Crippen molar-refractivity contribution in [2.24, 2.45) is 0 Å². The smallest absolute Gasteiger partial charge is 0.274 e. The van der Waals surface area contributed by atoms with Crippen molar-refractivity contribution < 1.29 is 14.2 Å². The zero-order valence-corrected chi connectivity index (χ0v) is 13.2. The minimum Gasteiger partial charge on any atom is -0.356 e. The zero-order valence-electron chi connectivity index (χ0n) is 13.2. The van der Waals surface area contributed by atoms with E-state index in [9.17, 15) is 14.9 Å². The zero-order chi connectivity index (χ0) is 17.3. The monoisotopic (exact) mass is 325 g/mol. The molecule has 0 saturated heterocycles. The normalized spacial score (nSPS) is 10.8. The third-order valence-corrected chi connectivity index (χ3v) is 3.80. The van der Waals surface area contributed by atoms with Crippen LogP contribution in [0.15, 0.2) is 40.9 Å². The van der Waals surface area contributed by atoms with Gasteiger partial charge in [-0.15, -0.1) is 0 Å². The first-order valence-electron chi connectivity index (χ1n) is 7.34. The van der Waals surface area contributed by atoms with E-state index < -0.39 is 4.92 Å². The van der Waals surface area contributed by atoms with Gasteiger partial charge in [0.05, 0.1) is 22.6 Å². The number of benzene rings is 2. The Morgan fingerprint density at radius 1 is 1.29 bits per heavy atom. The van der Waals surface area contributed by atoms with Crippen molar-refractivity contribution in [3.63, 3.8) is 0 Å². The number of hydrogen-bond donors (Lipinski definition) is 1. The highest BCUT2D eigenvalue weighted by Gasteiger charge is 2.17. The van der Waals surface area contributed by atoms with Gasteiger partial charge in [0.15, 0.2) is 5.58 Å². The maximum atomic E-state index is 12.3. The van der Waals surface area contributed by atoms with E-state index in [1.165, 1.54) is 12.1 Å². The van der Waals surface area contributed by atoms with Crippen LogP contribution in [0, 0.1) is 24.0 Å². The van der Waals surface area contributed by atoms with Crippen LogP contribution in [0.4, 0.5) is 11.4 Å². The summed E-state index contributed by atoms with van der Waals surface area (Å²) < 4.78 is 5.21. The molecule has 0 unspecified atom stereocenters. The fourth-order valence-corrected chi connectivity index (χ4v) is 2.53. The molecular formula is C17H15N3O4. The van der Waals surface area contributed by atoms with Gasteiger partial charge in [-0.1, -0.05) is 22.9 Å². The summed E-state index contributed by atoms with van der Waals surface area (Å²) in [6.07, 6.45) is 0.0264. The Hall–Kier alpha value is -3.22. The summed E-state index contributed by atoms with van der Waals surface area (Å²) in [4.78, 5) is 22.8. The standard InChI is InChI=1S/C17H15N3O4/c1-10-6-7-16-12(8-10)14(19-24-16)9-17(21)18-13-4-3-5-15(11(13)2)20(22)23/h3-8H,9H2,1-2H3,(H,18,21). The number of amides is 1. The van der Waals surface area contributed by atoms with Gasteiger partial charge in [0, 0.05) is 11.5 Å². The average molecular weight is 325 g/mol. The van der Waals surface area contributed by atoms with Crippen molar-refractivity contribution in [3.8, 4) is 0 Å². The van der Waals surface area contributed by atoms with E-state index in [2.05, 4.69) is 10.5 Å². The molecule has 0 aliphatic heterocycles. The van der Waals surface area contributed by atoms with Crippen LogP contribution in [-0.2, 0) is 11.2 Å². The van der Waals surface area contributed by atoms with E-state index in [-0.39, 0.29) is 18.0 Å². The van der Waals surface area contributed by atoms with E-state index in [1.54, 1.807) is 13.0 Å². The van der Waals surface area contributed by atoms with Gasteiger partial charge in [0.2, 0.25) is 5.91 Å². The Morgan fingerprint density at radius 2 is 2.08 bits per heavy atom. The van der Waals surface area contributed by atoms with Crippen molar-refractivity contribution in [2.75, 3.05) is 5.32 Å². The van der Waals surface area contributed by atoms with Gasteiger partial charge >= 0.3 is 0 Å². The number of anilines is 1. The van der Waals surface area contributed by atoms with Crippen LogP contribution in [0.25, 0.3) is 11.0 Å². The number of carbonyl (C=O) groups is 1. The highest BCUT2D eigenvalue weighted by molar-refractivity contribution is 5.95. The summed E-state index contributed by atoms with van der Waals surface area (Å²) in [5, 5.41) is 18.4. The van der Waals surface area contributed by atoms with Gasteiger partial charge in [0.25, 0.3) is 5.69 Å². The summed E-state index contributed by atoms with van der Waals surface area (Å²) in [6.45, 7) is 3.55. The average Bonchev–Trinajstić information content (AvgIpc) is 2.91. The van der Waals surface area contributed by atoms with E-state index in [0.717, 1.165) is 10.9 Å². The van der Waals surface area contributed by atoms with Crippen molar-refractivity contribution in [1.29, 1.82) is 0 Å². The Balaban J connectivity index is 1.82. The van der Waals surface area contributed by atoms with Gasteiger partial charge in [-0.25, -0.2) is 0 Å². The fourth-order valence-electron chi connectivity index (χ4n) is 2.53. The van der Waals surface area contributed by atoms with E-state index in [0.29, 0.717) is 22.5 Å². The molecule has 3 rings (SSSR count). The van der Waals surface area contributed by atoms with Crippen LogP contribution >= 0.6 is 0 Å². The molecule has 0 bridgehead atoms. The van der Waals surface area contributed by atoms with Crippen molar-refractivity contribution in [1.82, 2.24) is 5.16 Å². The van der Waals surface area contributed by atoms with Crippen LogP contribution < -0.4 is 5.32 Å². The van der Waals surface area contributed by atoms with Gasteiger partial charge in [-0.3, -0.25) is 14.9 Å². The minimum atomic E-state index is -0.473. The lowest BCUT2D eigenvalue weighted by molar-refractivity contribution is -0.385. The number of nitrogens with zero attached hydrogens (tertiary/aromatic N) is 2. The predicted molar refractivity (Wildman–Crippen MR) is 88.9 cm³/mol. The molecule has 24 heavy (non-hydrogen) atoms. The SMILES string of the molecule is Cc1ccc2onc(CC(=O)Nc3cccc([N+](=O)[O-])c3C)c2c1. The Labute approximate surface area is 137 Å². The lowest BCUT2D eigenvalue weighted by Crippen LogP contribution is -2.15. The second-order valence-corrected chi connectivity index (χ2v) is 5.56. The molecule has 0 spiro atoms. The molecule has 3 aromatic rings. The first-order valence-corrected chi connectivity index (χ1v) is 7.34. The molecule has 1 aromatic heterocycles. The third kappa shape index (κ3) is 2.96. The molecule has 7 nitrogen and oxygen atoms in total. The van der Waals surface area contributed by atoms with Crippen LogP contribution in [-0.4, -0.2) is 16.0 Å². The number of fused-ring (bicyclic) bond motifs is 1. The fraction of sp³-hybridized carbons (Fsp3) is 0.176. The Bertz CT molecular complexity index is 946. The topological polar surface area (TPSA) is 98.3 Å². The number of nitro groups is 1. The molecule has 122 valence electrons. The maximum absolute atomic E-state index is 12.3. The first kappa shape index (κ1) is 15.7. The summed E-state index contributed by atoms with van der Waals surface area (Å²) in [7, 11) is 0. The van der Waals surface area contributed by atoms with Crippen molar-refractivity contribution in [3.05, 3.63) is 63.3 Å². The molecule has 1 amide bonds. The number of rotatable bonds is 4. The molecule has 2 aromatic carbocycles. The molecule has 1 heterocycles. The van der Waals surface area contributed by atoms with Crippen LogP contribution in [0.5, 0.6) is 0 Å². The van der Waals surface area contributed by atoms with Gasteiger partial charge in [0.1, 0.15) is 5.69 Å². The second kappa shape index (κ2) is 6.11. The lowest BCUT2D eigenvalue weighted by atomic mass is 10.1. The molecule has 0 aliphatic carbocycles. The number of nitrogens with one attached hydrogen (secondary N) is 1. The predicted octanol–water partition coefficient (Wildman–Crippen LogP) is 3.53. The Morgan fingerprint density at radius 3 is 2.83 bits per heavy atom. The number of aromatic nitrogens is 1. The summed E-state index contributed by atoms with van der Waals surface area (Å²) >= 11 is 0. The third-order valence-electron chi connectivity index (χ3n) is 3.80. The number of nitro benzene ring substituents is 1. The molecule has 0 saturated carbocycles. The summed E-state index contributed by atoms with van der Waals surface area (Å²) in [5.41, 5.74) is 3.00. The van der Waals surface area contributed by atoms with Crippen molar-refractivity contribution in [2.45, 2.75) is 20.3 Å². The lowest BCUT2D eigenvalue weighted by Gasteiger charge is -2.07. The molecule has 0 radical (unpaired) electrons. The molecule has 7 heteroatoms. The van der Waals surface area contributed by atoms with Gasteiger partial charge in [-0.2, -0.15) is 0 Å². The molecule has 0 atom stereocenters. The molecular weight excluding hydrogens is 310 g/mol. The summed E-state index contributed by atoms with van der Waals surface area (Å²) in [5.74, 6) is -0.310. The van der Waals surface area contributed by atoms with Crippen LogP contribution in [0.1, 0.15) is 16.8 Å². The summed E-state index contributed by atoms with van der Waals surface area (Å²) in [6, 6.07) is 10.2. The highest BCUT2D eigenvalue weighted by atomic mass is 16.6. The minimum absolute atomic E-state index is 0.0264. The second-order valence-electron chi connectivity index (χ2n) is 5.56. The number of aryl methyl sites for hydroxylation is 1. The van der Waals surface area contributed by atoms with Crippen LogP contribution in [0.2, 0.25) is 0 Å². The van der Waals surface area contributed by atoms with E-state index >= 15 is 0 Å². The van der Waals surface area contributed by atoms with Crippen molar-refractivity contribution >= 4 is 28.3 Å². The van der Waals surface area contributed by atoms with Crippen LogP contribution in [0.3, 0.4) is 0 Å². The molecule has 0 aliphatic rings. The van der Waals surface area contributed by atoms with Gasteiger partial charge in [-0.05, 0) is 32.0 Å². The number of hydrogen-bond acceptors (Lipinski definition) is 5. The van der Waals surface area contributed by atoms with E-state index in [4.69, 9.17) is 4.52 Å². The largest absolute Gasteiger partial charge is 0.356 e.